The highest BCUT2D eigenvalue weighted by Gasteiger charge is 1.80. The molecule has 0 bridgehead atoms. The van der Waals surface area contributed by atoms with Crippen molar-refractivity contribution < 1.29 is 9.47 Å². The molecule has 0 N–H and O–H groups in total. The van der Waals surface area contributed by atoms with Crippen LogP contribution in [0.3, 0.4) is 0 Å². The second-order valence-electron chi connectivity index (χ2n) is 1.93. The molecule has 90 valence electrons. The highest BCUT2D eigenvalue weighted by atomic mass is 16.5. The molecule has 1 aromatic rings. The minimum atomic E-state index is 0.910. The summed E-state index contributed by atoms with van der Waals surface area (Å²) in [7, 11) is 4.91. The van der Waals surface area contributed by atoms with Crippen LogP contribution in [0.5, 0.6) is 5.75 Å². The minimum absolute atomic E-state index is 0.910. The van der Waals surface area contributed by atoms with E-state index in [4.69, 9.17) is 4.74 Å². The molecule has 0 aliphatic heterocycles. The van der Waals surface area contributed by atoms with Crippen molar-refractivity contribution in [2.75, 3.05) is 21.3 Å². The van der Waals surface area contributed by atoms with Gasteiger partial charge in [-0.25, -0.2) is 0 Å². The Balaban J connectivity index is -0.000000176. The second kappa shape index (κ2) is 23.1. The van der Waals surface area contributed by atoms with Crippen molar-refractivity contribution in [1.29, 1.82) is 0 Å². The van der Waals surface area contributed by atoms with Crippen LogP contribution in [0.25, 0.3) is 0 Å². The summed E-state index contributed by atoms with van der Waals surface area (Å²) in [6.07, 6.45) is 0. The van der Waals surface area contributed by atoms with Crippen molar-refractivity contribution in [3.05, 3.63) is 30.3 Å². The molecule has 2 nitrogen and oxygen atoms in total. The van der Waals surface area contributed by atoms with E-state index in [1.165, 1.54) is 0 Å². The number of hydrogen-bond acceptors (Lipinski definition) is 2. The fourth-order valence-corrected chi connectivity index (χ4v) is 0.557. The van der Waals surface area contributed by atoms with E-state index in [0.29, 0.717) is 0 Å². The highest BCUT2D eigenvalue weighted by Crippen LogP contribution is 2.05. The Morgan fingerprint density at radius 3 is 1.27 bits per heavy atom. The van der Waals surface area contributed by atoms with Gasteiger partial charge in [0.15, 0.2) is 0 Å². The lowest BCUT2D eigenvalue weighted by molar-refractivity contribution is 0.277. The quantitative estimate of drug-likeness (QED) is 0.703. The van der Waals surface area contributed by atoms with Crippen LogP contribution in [0, 0.1) is 0 Å². The van der Waals surface area contributed by atoms with Crippen molar-refractivity contribution in [3.8, 4) is 5.75 Å². The van der Waals surface area contributed by atoms with Crippen LogP contribution >= 0.6 is 0 Å². The molecule has 0 amide bonds. The van der Waals surface area contributed by atoms with Crippen LogP contribution in [-0.2, 0) is 4.74 Å². The van der Waals surface area contributed by atoms with Crippen molar-refractivity contribution in [2.45, 2.75) is 27.7 Å². The maximum absolute atomic E-state index is 4.91. The summed E-state index contributed by atoms with van der Waals surface area (Å²) in [6.45, 7) is 8.00. The van der Waals surface area contributed by atoms with E-state index in [-0.39, 0.29) is 0 Å². The second-order valence-corrected chi connectivity index (χ2v) is 1.93. The van der Waals surface area contributed by atoms with Crippen molar-refractivity contribution in [1.82, 2.24) is 0 Å². The first-order valence-corrected chi connectivity index (χ1v) is 5.34. The number of hydrogen-bond donors (Lipinski definition) is 0. The third-order valence-electron chi connectivity index (χ3n) is 0.979. The van der Waals surface area contributed by atoms with Gasteiger partial charge in [-0.05, 0) is 12.1 Å². The third-order valence-corrected chi connectivity index (χ3v) is 0.979. The van der Waals surface area contributed by atoms with Crippen molar-refractivity contribution >= 4 is 0 Å². The number of ether oxygens (including phenoxy) is 2. The first-order chi connectivity index (χ1) is 7.35. The maximum Gasteiger partial charge on any atom is 0.118 e. The van der Waals surface area contributed by atoms with Gasteiger partial charge in [0.2, 0.25) is 0 Å². The van der Waals surface area contributed by atoms with Crippen LogP contribution in [0.1, 0.15) is 27.7 Å². The van der Waals surface area contributed by atoms with Gasteiger partial charge < -0.3 is 9.47 Å². The zero-order valence-electron chi connectivity index (χ0n) is 11.2. The van der Waals surface area contributed by atoms with Crippen LogP contribution in [0.4, 0.5) is 0 Å². The zero-order chi connectivity index (χ0) is 12.5. The summed E-state index contributed by atoms with van der Waals surface area (Å²) in [5, 5.41) is 0. The third kappa shape index (κ3) is 19.4. The van der Waals surface area contributed by atoms with E-state index in [1.54, 1.807) is 21.3 Å². The Bertz CT molecular complexity index is 161. The molecule has 0 unspecified atom stereocenters. The molecule has 0 saturated heterocycles. The lowest BCUT2D eigenvalue weighted by Gasteiger charge is -1.93. The summed E-state index contributed by atoms with van der Waals surface area (Å²) in [6, 6.07) is 9.68. The van der Waals surface area contributed by atoms with Gasteiger partial charge in [0.1, 0.15) is 5.75 Å². The van der Waals surface area contributed by atoms with Crippen LogP contribution in [-0.4, -0.2) is 21.3 Å². The molecule has 15 heavy (non-hydrogen) atoms. The van der Waals surface area contributed by atoms with Gasteiger partial charge in [0.25, 0.3) is 0 Å². The molecule has 0 atom stereocenters. The van der Waals surface area contributed by atoms with Gasteiger partial charge in [0.05, 0.1) is 7.11 Å². The van der Waals surface area contributed by atoms with Crippen LogP contribution < -0.4 is 4.74 Å². The average Bonchev–Trinajstić information content (AvgIpc) is 2.36. The molecule has 0 aromatic heterocycles. The SMILES string of the molecule is CC.CC.COC.COc1ccccc1. The fourth-order valence-electron chi connectivity index (χ4n) is 0.557. The molecular formula is C13H26O2. The van der Waals surface area contributed by atoms with E-state index in [1.807, 2.05) is 58.0 Å². The van der Waals surface area contributed by atoms with E-state index in [0.717, 1.165) is 5.75 Å². The molecule has 1 aromatic carbocycles. The zero-order valence-corrected chi connectivity index (χ0v) is 11.2. The molecule has 0 aliphatic rings. The van der Waals surface area contributed by atoms with E-state index in [2.05, 4.69) is 4.74 Å². The summed E-state index contributed by atoms with van der Waals surface area (Å²) < 4.78 is 9.16. The molecule has 0 aliphatic carbocycles. The summed E-state index contributed by atoms with van der Waals surface area (Å²) in [5.74, 6) is 0.910. The normalized spacial score (nSPS) is 6.60. The molecule has 0 heterocycles. The van der Waals surface area contributed by atoms with Crippen LogP contribution in [0.2, 0.25) is 0 Å². The standard InChI is InChI=1S/C7H8O.C2H6O.2C2H6/c1-8-7-5-3-2-4-6-7;1-3-2;2*1-2/h2-6H,1H3;1-2H3;2*1-2H3. The molecule has 1 rings (SSSR count). The number of methoxy groups -OCH3 is 2. The first-order valence-electron chi connectivity index (χ1n) is 5.34. The van der Waals surface area contributed by atoms with Crippen molar-refractivity contribution in [2.24, 2.45) is 0 Å². The lowest BCUT2D eigenvalue weighted by Crippen LogP contribution is -1.78. The Morgan fingerprint density at radius 2 is 1.07 bits per heavy atom. The maximum atomic E-state index is 4.91. The summed E-state index contributed by atoms with van der Waals surface area (Å²) >= 11 is 0. The Morgan fingerprint density at radius 1 is 0.733 bits per heavy atom. The van der Waals surface area contributed by atoms with E-state index >= 15 is 0 Å². The van der Waals surface area contributed by atoms with Crippen LogP contribution in [0.15, 0.2) is 30.3 Å². The number of para-hydroxylation sites is 1. The first kappa shape index (κ1) is 19.5. The largest absolute Gasteiger partial charge is 0.497 e. The van der Waals surface area contributed by atoms with E-state index in [9.17, 15) is 0 Å². The summed E-state index contributed by atoms with van der Waals surface area (Å²) in [5.41, 5.74) is 0. The van der Waals surface area contributed by atoms with E-state index < -0.39 is 0 Å². The predicted molar refractivity (Wildman–Crippen MR) is 68.6 cm³/mol. The fraction of sp³-hybridized carbons (Fsp3) is 0.538. The monoisotopic (exact) mass is 214 g/mol. The molecule has 2 heteroatoms. The van der Waals surface area contributed by atoms with Gasteiger partial charge >= 0.3 is 0 Å². The van der Waals surface area contributed by atoms with Gasteiger partial charge in [-0.3, -0.25) is 0 Å². The summed E-state index contributed by atoms with van der Waals surface area (Å²) in [4.78, 5) is 0. The molecule has 0 spiro atoms. The lowest BCUT2D eigenvalue weighted by atomic mass is 10.3. The minimum Gasteiger partial charge on any atom is -0.497 e. The molecule has 0 fully saturated rings. The Labute approximate surface area is 95.2 Å². The smallest absolute Gasteiger partial charge is 0.118 e. The number of benzene rings is 1. The van der Waals surface area contributed by atoms with Gasteiger partial charge in [-0.15, -0.1) is 0 Å². The Hall–Kier alpha value is -1.02. The topological polar surface area (TPSA) is 18.5 Å². The highest BCUT2D eigenvalue weighted by molar-refractivity contribution is 5.20. The van der Waals surface area contributed by atoms with Gasteiger partial charge in [-0.2, -0.15) is 0 Å². The predicted octanol–water partition coefficient (Wildman–Crippen LogP) is 4.01. The molecular weight excluding hydrogens is 188 g/mol. The molecule has 0 radical (unpaired) electrons. The number of rotatable bonds is 1. The molecule has 0 saturated carbocycles. The Kier molecular flexibility index (Phi) is 30.1. The average molecular weight is 214 g/mol. The van der Waals surface area contributed by atoms with Gasteiger partial charge in [0, 0.05) is 14.2 Å². The van der Waals surface area contributed by atoms with Crippen molar-refractivity contribution in [3.63, 3.8) is 0 Å². The van der Waals surface area contributed by atoms with Gasteiger partial charge in [-0.1, -0.05) is 45.9 Å².